The number of carbonyl (C=O) groups is 2. The van der Waals surface area contributed by atoms with Gasteiger partial charge in [-0.15, -0.1) is 0 Å². The van der Waals surface area contributed by atoms with Crippen LogP contribution in [-0.4, -0.2) is 65.6 Å². The fraction of sp³-hybridized carbons (Fsp3) is 0.600. The number of anilines is 1. The van der Waals surface area contributed by atoms with Crippen molar-refractivity contribution in [1.29, 1.82) is 0 Å². The number of fused-ring (bicyclic) bond motifs is 3. The molecule has 1 aromatic rings. The Morgan fingerprint density at radius 2 is 1.56 bits per heavy atom. The molecule has 12 heteroatoms. The van der Waals surface area contributed by atoms with Gasteiger partial charge in [-0.3, -0.25) is 19.7 Å². The largest absolute Gasteiger partial charge is 0.345 e. The molecule has 3 saturated heterocycles. The first-order valence-corrected chi connectivity index (χ1v) is 10.1. The van der Waals surface area contributed by atoms with E-state index in [-0.39, 0.29) is 12.2 Å². The monoisotopic (exact) mass is 451 g/mol. The van der Waals surface area contributed by atoms with Crippen molar-refractivity contribution in [2.75, 3.05) is 11.9 Å². The molecule has 2 N–H and O–H groups in total. The molecule has 1 aromatic carbocycles. The number of benzene rings is 1. The van der Waals surface area contributed by atoms with Gasteiger partial charge in [0.05, 0.1) is 11.5 Å². The van der Waals surface area contributed by atoms with Crippen LogP contribution in [0.25, 0.3) is 0 Å². The maximum Gasteiger partial charge on any atom is 0.269 e. The van der Waals surface area contributed by atoms with Crippen LogP contribution in [0.4, 0.5) is 11.4 Å². The van der Waals surface area contributed by atoms with Gasteiger partial charge in [0.2, 0.25) is 5.91 Å². The van der Waals surface area contributed by atoms with Crippen molar-refractivity contribution < 1.29 is 38.2 Å². The second kappa shape index (κ2) is 8.05. The molecule has 174 valence electrons. The van der Waals surface area contributed by atoms with E-state index < -0.39 is 59.0 Å². The lowest BCUT2D eigenvalue weighted by molar-refractivity contribution is -0.384. The highest BCUT2D eigenvalue weighted by molar-refractivity contribution is 5.95. The van der Waals surface area contributed by atoms with Crippen molar-refractivity contribution in [2.24, 2.45) is 0 Å². The number of carbonyl (C=O) groups excluding carboxylic acids is 2. The van der Waals surface area contributed by atoms with Gasteiger partial charge in [-0.2, -0.15) is 0 Å². The van der Waals surface area contributed by atoms with Gasteiger partial charge in [-0.05, 0) is 39.8 Å². The second-order valence-corrected chi connectivity index (χ2v) is 8.66. The van der Waals surface area contributed by atoms with Gasteiger partial charge in [-0.1, -0.05) is 0 Å². The molecule has 0 aliphatic carbocycles. The maximum atomic E-state index is 12.9. The topological polar surface area (TPSA) is 147 Å². The molecule has 0 unspecified atom stereocenters. The Bertz CT molecular complexity index is 917. The Morgan fingerprint density at radius 3 is 2.22 bits per heavy atom. The SMILES string of the molecule is CC1(C)O[C@H]2[C@@H](O1)[C@H](C(=O)NCC(=O)Nc1ccc([N+](=O)[O-])cc1)O[C@H]1OC(C)(C)O[C@@H]12. The molecule has 4 rings (SSSR count). The molecule has 0 aromatic heterocycles. The molecule has 3 aliphatic rings. The number of rotatable bonds is 5. The summed E-state index contributed by atoms with van der Waals surface area (Å²) in [4.78, 5) is 35.2. The highest BCUT2D eigenvalue weighted by Crippen LogP contribution is 2.44. The van der Waals surface area contributed by atoms with Crippen LogP contribution < -0.4 is 10.6 Å². The lowest BCUT2D eigenvalue weighted by Crippen LogP contribution is -2.59. The number of nitrogens with one attached hydrogen (secondary N) is 2. The van der Waals surface area contributed by atoms with E-state index in [9.17, 15) is 19.7 Å². The zero-order valence-electron chi connectivity index (χ0n) is 18.0. The molecule has 3 fully saturated rings. The second-order valence-electron chi connectivity index (χ2n) is 8.66. The van der Waals surface area contributed by atoms with E-state index in [1.54, 1.807) is 27.7 Å². The average Bonchev–Trinajstić information content (AvgIpc) is 3.19. The van der Waals surface area contributed by atoms with Gasteiger partial charge in [0.15, 0.2) is 24.0 Å². The number of hydrogen-bond acceptors (Lipinski definition) is 9. The molecular formula is C20H25N3O9. The number of nitro benzene ring substituents is 1. The number of non-ortho nitro benzene ring substituents is 1. The predicted octanol–water partition coefficient (Wildman–Crippen LogP) is 1.05. The maximum absolute atomic E-state index is 12.9. The summed E-state index contributed by atoms with van der Waals surface area (Å²) in [7, 11) is 0. The van der Waals surface area contributed by atoms with Gasteiger partial charge < -0.3 is 34.3 Å². The van der Waals surface area contributed by atoms with E-state index in [0.717, 1.165) is 0 Å². The molecule has 3 heterocycles. The number of nitrogens with zero attached hydrogens (tertiary/aromatic N) is 1. The number of amides is 2. The van der Waals surface area contributed by atoms with Crippen molar-refractivity contribution in [3.63, 3.8) is 0 Å². The van der Waals surface area contributed by atoms with Crippen LogP contribution in [-0.2, 0) is 33.3 Å². The quantitative estimate of drug-likeness (QED) is 0.495. The minimum Gasteiger partial charge on any atom is -0.345 e. The lowest BCUT2D eigenvalue weighted by Gasteiger charge is -2.36. The van der Waals surface area contributed by atoms with Gasteiger partial charge in [0, 0.05) is 17.8 Å². The number of hydrogen-bond donors (Lipinski definition) is 2. The molecule has 5 atom stereocenters. The molecule has 0 radical (unpaired) electrons. The lowest BCUT2D eigenvalue weighted by atomic mass is 9.98. The van der Waals surface area contributed by atoms with Crippen molar-refractivity contribution in [3.8, 4) is 0 Å². The summed E-state index contributed by atoms with van der Waals surface area (Å²) < 4.78 is 29.3. The summed E-state index contributed by atoms with van der Waals surface area (Å²) in [5.74, 6) is -2.93. The van der Waals surface area contributed by atoms with Crippen LogP contribution in [0.2, 0.25) is 0 Å². The van der Waals surface area contributed by atoms with E-state index in [1.165, 1.54) is 24.3 Å². The fourth-order valence-corrected chi connectivity index (χ4v) is 3.96. The Labute approximate surface area is 183 Å². The van der Waals surface area contributed by atoms with E-state index in [2.05, 4.69) is 10.6 Å². The molecule has 0 bridgehead atoms. The van der Waals surface area contributed by atoms with Crippen LogP contribution in [0.5, 0.6) is 0 Å². The summed E-state index contributed by atoms with van der Waals surface area (Å²) in [5.41, 5.74) is 0.265. The molecule has 0 spiro atoms. The first-order chi connectivity index (χ1) is 14.9. The van der Waals surface area contributed by atoms with Crippen molar-refractivity contribution in [1.82, 2.24) is 5.32 Å². The molecule has 12 nitrogen and oxygen atoms in total. The number of nitro groups is 1. The summed E-state index contributed by atoms with van der Waals surface area (Å²) in [6, 6.07) is 5.34. The Hall–Kier alpha value is -2.64. The smallest absolute Gasteiger partial charge is 0.269 e. The van der Waals surface area contributed by atoms with Gasteiger partial charge in [-0.25, -0.2) is 0 Å². The minimum atomic E-state index is -1.08. The highest BCUT2D eigenvalue weighted by atomic mass is 16.9. The Kier molecular flexibility index (Phi) is 5.67. The van der Waals surface area contributed by atoms with Crippen LogP contribution in [0.1, 0.15) is 27.7 Å². The summed E-state index contributed by atoms with van der Waals surface area (Å²) in [5, 5.41) is 15.8. The molecule has 0 saturated carbocycles. The van der Waals surface area contributed by atoms with Gasteiger partial charge in [0.25, 0.3) is 11.6 Å². The van der Waals surface area contributed by atoms with E-state index >= 15 is 0 Å². The first kappa shape index (κ1) is 22.6. The van der Waals surface area contributed by atoms with Gasteiger partial charge >= 0.3 is 0 Å². The summed E-state index contributed by atoms with van der Waals surface area (Å²) in [6.07, 6.45) is -3.80. The van der Waals surface area contributed by atoms with Crippen molar-refractivity contribution in [3.05, 3.63) is 34.4 Å². The van der Waals surface area contributed by atoms with Crippen molar-refractivity contribution in [2.45, 2.75) is 70.0 Å². The standard InChI is InChI=1S/C20H25N3O9/c1-19(2)29-13-14(30-19)16-18(32-20(3,4)31-16)28-15(13)17(25)21-9-12(24)22-10-5-7-11(8-6-10)23(26)27/h5-8,13-16,18H,9H2,1-4H3,(H,21,25)(H,22,24)/t13-,14+,15-,16-,18+/m1/s1. The molecular weight excluding hydrogens is 426 g/mol. The molecule has 32 heavy (non-hydrogen) atoms. The molecule has 2 amide bonds. The first-order valence-electron chi connectivity index (χ1n) is 10.1. The van der Waals surface area contributed by atoms with Crippen LogP contribution in [0.3, 0.4) is 0 Å². The van der Waals surface area contributed by atoms with Gasteiger partial charge in [0.1, 0.15) is 18.3 Å². The molecule has 3 aliphatic heterocycles. The van der Waals surface area contributed by atoms with Crippen LogP contribution in [0, 0.1) is 10.1 Å². The zero-order valence-corrected chi connectivity index (χ0v) is 18.0. The summed E-state index contributed by atoms with van der Waals surface area (Å²) >= 11 is 0. The van der Waals surface area contributed by atoms with E-state index in [1.807, 2.05) is 0 Å². The zero-order chi connectivity index (χ0) is 23.3. The summed E-state index contributed by atoms with van der Waals surface area (Å²) in [6.45, 7) is 6.60. The Morgan fingerprint density at radius 1 is 0.969 bits per heavy atom. The normalized spacial score (nSPS) is 31.9. The van der Waals surface area contributed by atoms with Crippen molar-refractivity contribution >= 4 is 23.2 Å². The minimum absolute atomic E-state index is 0.0957. The average molecular weight is 451 g/mol. The van der Waals surface area contributed by atoms with E-state index in [0.29, 0.717) is 5.69 Å². The number of ether oxygens (including phenoxy) is 5. The Balaban J connectivity index is 1.38. The predicted molar refractivity (Wildman–Crippen MR) is 107 cm³/mol. The third-order valence-corrected chi connectivity index (χ3v) is 5.20. The third-order valence-electron chi connectivity index (χ3n) is 5.20. The fourth-order valence-electron chi connectivity index (χ4n) is 3.96. The van der Waals surface area contributed by atoms with Crippen LogP contribution >= 0.6 is 0 Å². The highest BCUT2D eigenvalue weighted by Gasteiger charge is 2.62. The van der Waals surface area contributed by atoms with E-state index in [4.69, 9.17) is 23.7 Å². The third kappa shape index (κ3) is 4.59. The van der Waals surface area contributed by atoms with Crippen LogP contribution in [0.15, 0.2) is 24.3 Å².